The number of aliphatic carboxylic acids is 1. The van der Waals surface area contributed by atoms with Gasteiger partial charge < -0.3 is 16.2 Å². The third-order valence-electron chi connectivity index (χ3n) is 1.26. The highest BCUT2D eigenvalue weighted by Crippen LogP contribution is 1.95. The van der Waals surface area contributed by atoms with E-state index in [2.05, 4.69) is 5.32 Å². The van der Waals surface area contributed by atoms with Gasteiger partial charge in [0, 0.05) is 6.42 Å². The summed E-state index contributed by atoms with van der Waals surface area (Å²) in [6.45, 7) is 0. The number of carboxylic acid groups (broad SMARTS) is 1. The molecule has 0 fully saturated rings. The Morgan fingerprint density at radius 2 is 2.17 bits per heavy atom. The molecule has 68 valence electrons. The molecule has 6 nitrogen and oxygen atoms in total. The molecule has 0 heterocycles. The summed E-state index contributed by atoms with van der Waals surface area (Å²) in [6.07, 6.45) is 0.134. The normalized spacial score (nSPS) is 11.7. The number of hydrogen-bond acceptors (Lipinski definition) is 3. The van der Waals surface area contributed by atoms with Crippen LogP contribution in [0, 0.1) is 0 Å². The molecule has 0 saturated heterocycles. The van der Waals surface area contributed by atoms with E-state index < -0.39 is 17.9 Å². The zero-order valence-corrected chi connectivity index (χ0v) is 6.32. The fourth-order valence-electron chi connectivity index (χ4n) is 0.658. The van der Waals surface area contributed by atoms with Gasteiger partial charge in [-0.15, -0.1) is 0 Å². The molecule has 0 radical (unpaired) electrons. The molecule has 0 bridgehead atoms. The molecular weight excluding hydrogens is 164 g/mol. The van der Waals surface area contributed by atoms with E-state index in [1.165, 1.54) is 0 Å². The van der Waals surface area contributed by atoms with Crippen LogP contribution in [0.3, 0.4) is 0 Å². The van der Waals surface area contributed by atoms with Crippen LogP contribution in [0.15, 0.2) is 0 Å². The van der Waals surface area contributed by atoms with Crippen molar-refractivity contribution in [2.24, 2.45) is 5.73 Å². The maximum absolute atomic E-state index is 10.5. The quantitative estimate of drug-likeness (QED) is 0.423. The summed E-state index contributed by atoms with van der Waals surface area (Å²) in [6, 6.07) is -0.890. The van der Waals surface area contributed by atoms with E-state index in [0.29, 0.717) is 6.41 Å². The molecule has 0 spiro atoms. The van der Waals surface area contributed by atoms with Crippen molar-refractivity contribution in [3.63, 3.8) is 0 Å². The summed E-state index contributed by atoms with van der Waals surface area (Å²) < 4.78 is 0. The van der Waals surface area contributed by atoms with Gasteiger partial charge in [-0.2, -0.15) is 0 Å². The first-order valence-electron chi connectivity index (χ1n) is 3.28. The van der Waals surface area contributed by atoms with E-state index in [0.717, 1.165) is 0 Å². The van der Waals surface area contributed by atoms with Gasteiger partial charge in [0.15, 0.2) is 0 Å². The Hall–Kier alpha value is -1.59. The minimum atomic E-state index is -1.03. The highest BCUT2D eigenvalue weighted by atomic mass is 16.4. The highest BCUT2D eigenvalue weighted by Gasteiger charge is 2.14. The van der Waals surface area contributed by atoms with Gasteiger partial charge in [0.2, 0.25) is 12.3 Å². The summed E-state index contributed by atoms with van der Waals surface area (Å²) in [5.74, 6) is -1.77. The number of nitrogens with one attached hydrogen (secondary N) is 1. The zero-order chi connectivity index (χ0) is 9.56. The summed E-state index contributed by atoms with van der Waals surface area (Å²) in [7, 11) is 0. The Bertz CT molecular complexity index is 192. The van der Waals surface area contributed by atoms with Crippen LogP contribution >= 0.6 is 0 Å². The fraction of sp³-hybridized carbons (Fsp3) is 0.500. The molecule has 6 heteroatoms. The molecule has 1 atom stereocenters. The first kappa shape index (κ1) is 10.4. The van der Waals surface area contributed by atoms with Crippen molar-refractivity contribution in [1.82, 2.24) is 5.32 Å². The van der Waals surface area contributed by atoms with Gasteiger partial charge in [0.25, 0.3) is 0 Å². The lowest BCUT2D eigenvalue weighted by atomic mass is 10.1. The maximum Gasteiger partial charge on any atom is 0.303 e. The number of amides is 2. The number of primary amides is 1. The van der Waals surface area contributed by atoms with Gasteiger partial charge in [-0.1, -0.05) is 0 Å². The van der Waals surface area contributed by atoms with Crippen LogP contribution < -0.4 is 11.1 Å². The van der Waals surface area contributed by atoms with Gasteiger partial charge in [-0.25, -0.2) is 0 Å². The average Bonchev–Trinajstić information content (AvgIpc) is 1.96. The number of rotatable bonds is 6. The highest BCUT2D eigenvalue weighted by molar-refractivity contribution is 5.82. The predicted molar refractivity (Wildman–Crippen MR) is 39.1 cm³/mol. The number of carbonyl (C=O) groups is 3. The van der Waals surface area contributed by atoms with Gasteiger partial charge in [-0.05, 0) is 6.42 Å². The first-order chi connectivity index (χ1) is 5.57. The van der Waals surface area contributed by atoms with E-state index in [4.69, 9.17) is 10.8 Å². The Balaban J connectivity index is 3.86. The van der Waals surface area contributed by atoms with Crippen LogP contribution in [0.2, 0.25) is 0 Å². The van der Waals surface area contributed by atoms with Crippen molar-refractivity contribution in [3.8, 4) is 0 Å². The molecular formula is C6H10N2O4. The largest absolute Gasteiger partial charge is 0.481 e. The van der Waals surface area contributed by atoms with E-state index in [1.54, 1.807) is 0 Å². The second-order valence-electron chi connectivity index (χ2n) is 2.17. The lowest BCUT2D eigenvalue weighted by Gasteiger charge is -2.09. The topological polar surface area (TPSA) is 109 Å². The summed E-state index contributed by atoms with van der Waals surface area (Å²) in [5.41, 5.74) is 4.86. The molecule has 0 aromatic rings. The SMILES string of the molecule is NC(=O)C(CCC(=O)O)NC=O. The summed E-state index contributed by atoms with van der Waals surface area (Å²) in [4.78, 5) is 30.5. The lowest BCUT2D eigenvalue weighted by Crippen LogP contribution is -2.40. The first-order valence-corrected chi connectivity index (χ1v) is 3.28. The standard InChI is InChI=1S/C6H10N2O4/c7-6(12)4(8-3-9)1-2-5(10)11/h3-4H,1-2H2,(H2,7,12)(H,8,9)(H,10,11). The molecule has 0 aliphatic carbocycles. The molecule has 0 aromatic carbocycles. The Labute approximate surface area is 68.7 Å². The molecule has 1 unspecified atom stereocenters. The van der Waals surface area contributed by atoms with Crippen molar-refractivity contribution < 1.29 is 19.5 Å². The smallest absolute Gasteiger partial charge is 0.303 e. The average molecular weight is 174 g/mol. The molecule has 0 aliphatic heterocycles. The minimum absolute atomic E-state index is 0.0173. The molecule has 4 N–H and O–H groups in total. The third kappa shape index (κ3) is 4.26. The lowest BCUT2D eigenvalue weighted by molar-refractivity contribution is -0.137. The fourth-order valence-corrected chi connectivity index (χ4v) is 0.658. The molecule has 2 amide bonds. The molecule has 0 rings (SSSR count). The van der Waals surface area contributed by atoms with Gasteiger partial charge in [-0.3, -0.25) is 14.4 Å². The maximum atomic E-state index is 10.5. The minimum Gasteiger partial charge on any atom is -0.481 e. The van der Waals surface area contributed by atoms with Gasteiger partial charge in [0.05, 0.1) is 0 Å². The van der Waals surface area contributed by atoms with E-state index in [-0.39, 0.29) is 12.8 Å². The van der Waals surface area contributed by atoms with Crippen molar-refractivity contribution >= 4 is 18.3 Å². The van der Waals surface area contributed by atoms with Crippen LogP contribution in [0.25, 0.3) is 0 Å². The Kier molecular flexibility index (Phi) is 4.43. The molecule has 0 aliphatic rings. The third-order valence-corrected chi connectivity index (χ3v) is 1.26. The predicted octanol–water partition coefficient (Wildman–Crippen LogP) is -1.55. The second-order valence-corrected chi connectivity index (χ2v) is 2.17. The molecule has 12 heavy (non-hydrogen) atoms. The van der Waals surface area contributed by atoms with Crippen LogP contribution in [-0.4, -0.2) is 29.4 Å². The van der Waals surface area contributed by atoms with Crippen LogP contribution in [0.1, 0.15) is 12.8 Å². The second kappa shape index (κ2) is 5.11. The van der Waals surface area contributed by atoms with Crippen molar-refractivity contribution in [3.05, 3.63) is 0 Å². The van der Waals surface area contributed by atoms with Gasteiger partial charge >= 0.3 is 5.97 Å². The van der Waals surface area contributed by atoms with E-state index >= 15 is 0 Å². The number of hydrogen-bond donors (Lipinski definition) is 3. The van der Waals surface area contributed by atoms with Crippen LogP contribution in [-0.2, 0) is 14.4 Å². The van der Waals surface area contributed by atoms with Crippen LogP contribution in [0.4, 0.5) is 0 Å². The molecule has 0 saturated carbocycles. The van der Waals surface area contributed by atoms with Gasteiger partial charge in [0.1, 0.15) is 6.04 Å². The number of nitrogens with two attached hydrogens (primary N) is 1. The van der Waals surface area contributed by atoms with E-state index in [1.807, 2.05) is 0 Å². The number of carboxylic acids is 1. The van der Waals surface area contributed by atoms with Crippen molar-refractivity contribution in [2.45, 2.75) is 18.9 Å². The Morgan fingerprint density at radius 1 is 1.58 bits per heavy atom. The summed E-state index contributed by atoms with van der Waals surface area (Å²) >= 11 is 0. The Morgan fingerprint density at radius 3 is 2.50 bits per heavy atom. The zero-order valence-electron chi connectivity index (χ0n) is 6.32. The molecule has 0 aromatic heterocycles. The van der Waals surface area contributed by atoms with Crippen molar-refractivity contribution in [1.29, 1.82) is 0 Å². The summed E-state index contributed by atoms with van der Waals surface area (Å²) in [5, 5.41) is 10.4. The van der Waals surface area contributed by atoms with Crippen molar-refractivity contribution in [2.75, 3.05) is 0 Å². The van der Waals surface area contributed by atoms with Crippen LogP contribution in [0.5, 0.6) is 0 Å². The van der Waals surface area contributed by atoms with E-state index in [9.17, 15) is 14.4 Å². The number of carbonyl (C=O) groups excluding carboxylic acids is 2. The monoisotopic (exact) mass is 174 g/mol.